The zero-order valence-corrected chi connectivity index (χ0v) is 8.60. The summed E-state index contributed by atoms with van der Waals surface area (Å²) in [4.78, 5) is 23.5. The Morgan fingerprint density at radius 3 is 2.79 bits per heavy atom. The van der Waals surface area contributed by atoms with Crippen molar-refractivity contribution in [2.24, 2.45) is 0 Å². The van der Waals surface area contributed by atoms with Crippen LogP contribution < -0.4 is 10.6 Å². The van der Waals surface area contributed by atoms with Crippen LogP contribution in [0.1, 0.15) is 0 Å². The zero-order valence-electron chi connectivity index (χ0n) is 7.78. The average Bonchev–Trinajstić information content (AvgIpc) is 2.39. The van der Waals surface area contributed by atoms with E-state index in [9.17, 15) is 9.59 Å². The van der Waals surface area contributed by atoms with Crippen LogP contribution in [0, 0.1) is 0 Å². The van der Waals surface area contributed by atoms with Gasteiger partial charge in [-0.25, -0.2) is 4.79 Å². The number of nitrogens with zero attached hydrogens (tertiary/aromatic N) is 1. The fraction of sp³-hybridized carbons (Fsp3) is 0.750. The summed E-state index contributed by atoms with van der Waals surface area (Å²) in [5.41, 5.74) is 0. The number of imide groups is 1. The van der Waals surface area contributed by atoms with E-state index < -0.39 is 0 Å². The number of rotatable bonds is 4. The predicted molar refractivity (Wildman–Crippen MR) is 54.2 cm³/mol. The van der Waals surface area contributed by atoms with Gasteiger partial charge in [0.1, 0.15) is 0 Å². The van der Waals surface area contributed by atoms with E-state index >= 15 is 0 Å². The number of hydrogen-bond acceptors (Lipinski definition) is 4. The van der Waals surface area contributed by atoms with E-state index in [2.05, 4.69) is 10.6 Å². The Kier molecular flexibility index (Phi) is 2.93. The standard InChI is InChI=1S/C8H13N3O2S/c12-7-3-10-8(13)11(7)2-1-9-6-4-14-5-6/h6,9H,1-5H2,(H,10,13). The van der Waals surface area contributed by atoms with Crippen molar-refractivity contribution in [2.45, 2.75) is 6.04 Å². The highest BCUT2D eigenvalue weighted by molar-refractivity contribution is 8.00. The van der Waals surface area contributed by atoms with Crippen LogP contribution >= 0.6 is 11.8 Å². The number of amides is 3. The molecule has 2 rings (SSSR count). The minimum absolute atomic E-state index is 0.125. The molecule has 2 fully saturated rings. The van der Waals surface area contributed by atoms with Crippen LogP contribution in [0.5, 0.6) is 0 Å². The Balaban J connectivity index is 1.68. The molecule has 0 bridgehead atoms. The first-order valence-electron chi connectivity index (χ1n) is 4.66. The highest BCUT2D eigenvalue weighted by atomic mass is 32.2. The quantitative estimate of drug-likeness (QED) is 0.605. The molecule has 14 heavy (non-hydrogen) atoms. The van der Waals surface area contributed by atoms with Crippen LogP contribution in [0.15, 0.2) is 0 Å². The van der Waals surface area contributed by atoms with E-state index in [1.165, 1.54) is 4.90 Å². The largest absolute Gasteiger partial charge is 0.329 e. The van der Waals surface area contributed by atoms with Crippen LogP contribution in [-0.4, -0.2) is 54.0 Å². The van der Waals surface area contributed by atoms with Crippen molar-refractivity contribution in [2.75, 3.05) is 31.1 Å². The molecule has 0 radical (unpaired) electrons. The van der Waals surface area contributed by atoms with Gasteiger partial charge in [-0.15, -0.1) is 0 Å². The Bertz CT molecular complexity index is 239. The lowest BCUT2D eigenvalue weighted by Gasteiger charge is -2.26. The molecule has 0 unspecified atom stereocenters. The SMILES string of the molecule is O=C1CNC(=O)N1CCNC1CSC1. The van der Waals surface area contributed by atoms with Crippen molar-refractivity contribution in [3.05, 3.63) is 0 Å². The summed E-state index contributed by atoms with van der Waals surface area (Å²) in [7, 11) is 0. The summed E-state index contributed by atoms with van der Waals surface area (Å²) in [6.45, 7) is 1.33. The molecule has 5 nitrogen and oxygen atoms in total. The molecule has 0 aliphatic carbocycles. The van der Waals surface area contributed by atoms with Gasteiger partial charge in [0.2, 0.25) is 5.91 Å². The van der Waals surface area contributed by atoms with E-state index in [-0.39, 0.29) is 18.5 Å². The van der Waals surface area contributed by atoms with Crippen LogP contribution in [0.25, 0.3) is 0 Å². The van der Waals surface area contributed by atoms with Gasteiger partial charge in [-0.2, -0.15) is 11.8 Å². The predicted octanol–water partition coefficient (Wildman–Crippen LogP) is -0.757. The minimum Gasteiger partial charge on any atom is -0.329 e. The normalized spacial score (nSPS) is 22.4. The highest BCUT2D eigenvalue weighted by Crippen LogP contribution is 2.16. The zero-order chi connectivity index (χ0) is 9.97. The van der Waals surface area contributed by atoms with E-state index in [1.807, 2.05) is 11.8 Å². The van der Waals surface area contributed by atoms with Crippen LogP contribution in [0.2, 0.25) is 0 Å². The molecule has 2 saturated heterocycles. The maximum absolute atomic E-state index is 11.2. The number of nitrogens with one attached hydrogen (secondary N) is 2. The number of carbonyl (C=O) groups excluding carboxylic acids is 2. The molecule has 3 amide bonds. The maximum Gasteiger partial charge on any atom is 0.324 e. The van der Waals surface area contributed by atoms with Gasteiger partial charge >= 0.3 is 6.03 Å². The summed E-state index contributed by atoms with van der Waals surface area (Å²) in [6.07, 6.45) is 0. The summed E-state index contributed by atoms with van der Waals surface area (Å²) in [5, 5.41) is 5.78. The first-order valence-corrected chi connectivity index (χ1v) is 5.82. The second-order valence-corrected chi connectivity index (χ2v) is 4.47. The van der Waals surface area contributed by atoms with Crippen LogP contribution in [0.3, 0.4) is 0 Å². The molecule has 2 N–H and O–H groups in total. The van der Waals surface area contributed by atoms with Crippen molar-refractivity contribution >= 4 is 23.7 Å². The number of hydrogen-bond donors (Lipinski definition) is 2. The monoisotopic (exact) mass is 215 g/mol. The number of urea groups is 1. The Morgan fingerprint density at radius 1 is 1.50 bits per heavy atom. The van der Waals surface area contributed by atoms with Crippen molar-refractivity contribution in [1.29, 1.82) is 0 Å². The molecule has 2 heterocycles. The average molecular weight is 215 g/mol. The molecule has 2 aliphatic heterocycles. The molecule has 78 valence electrons. The first-order chi connectivity index (χ1) is 6.77. The summed E-state index contributed by atoms with van der Waals surface area (Å²) in [6, 6.07) is 0.306. The van der Waals surface area contributed by atoms with Crippen molar-refractivity contribution < 1.29 is 9.59 Å². The van der Waals surface area contributed by atoms with Gasteiger partial charge in [0, 0.05) is 30.6 Å². The van der Waals surface area contributed by atoms with E-state index in [0.717, 1.165) is 11.5 Å². The summed E-state index contributed by atoms with van der Waals surface area (Å²) in [5.74, 6) is 2.15. The van der Waals surface area contributed by atoms with Gasteiger partial charge < -0.3 is 10.6 Å². The van der Waals surface area contributed by atoms with Crippen LogP contribution in [0.4, 0.5) is 4.79 Å². The molecule has 2 aliphatic rings. The van der Waals surface area contributed by atoms with Gasteiger partial charge in [0.15, 0.2) is 0 Å². The van der Waals surface area contributed by atoms with Gasteiger partial charge in [-0.3, -0.25) is 9.69 Å². The highest BCUT2D eigenvalue weighted by Gasteiger charge is 2.28. The topological polar surface area (TPSA) is 61.4 Å². The number of thioether (sulfide) groups is 1. The van der Waals surface area contributed by atoms with Gasteiger partial charge in [0.25, 0.3) is 0 Å². The van der Waals surface area contributed by atoms with Gasteiger partial charge in [0.05, 0.1) is 6.54 Å². The molecule has 6 heteroatoms. The Hall–Kier alpha value is -0.750. The fourth-order valence-electron chi connectivity index (χ4n) is 1.42. The lowest BCUT2D eigenvalue weighted by atomic mass is 10.3. The van der Waals surface area contributed by atoms with E-state index in [0.29, 0.717) is 19.1 Å². The second-order valence-electron chi connectivity index (χ2n) is 3.39. The van der Waals surface area contributed by atoms with E-state index in [1.54, 1.807) is 0 Å². The van der Waals surface area contributed by atoms with Crippen LogP contribution in [-0.2, 0) is 4.79 Å². The maximum atomic E-state index is 11.2. The third-order valence-corrected chi connectivity index (χ3v) is 3.62. The lowest BCUT2D eigenvalue weighted by molar-refractivity contribution is -0.124. The summed E-state index contributed by atoms with van der Waals surface area (Å²) < 4.78 is 0. The molecule has 0 aromatic heterocycles. The molecular weight excluding hydrogens is 202 g/mol. The van der Waals surface area contributed by atoms with Gasteiger partial charge in [-0.1, -0.05) is 0 Å². The third-order valence-electron chi connectivity index (χ3n) is 2.34. The Labute approximate surface area is 86.6 Å². The lowest BCUT2D eigenvalue weighted by Crippen LogP contribution is -2.45. The molecule has 0 aromatic carbocycles. The summed E-state index contributed by atoms with van der Waals surface area (Å²) >= 11 is 1.91. The van der Waals surface area contributed by atoms with Crippen molar-refractivity contribution in [3.8, 4) is 0 Å². The Morgan fingerprint density at radius 2 is 2.29 bits per heavy atom. The molecule has 0 saturated carbocycles. The van der Waals surface area contributed by atoms with Crippen molar-refractivity contribution in [3.63, 3.8) is 0 Å². The second kappa shape index (κ2) is 4.18. The molecule has 0 aromatic rings. The first kappa shape index (κ1) is 9.79. The third kappa shape index (κ3) is 2.01. The smallest absolute Gasteiger partial charge is 0.324 e. The molecule has 0 spiro atoms. The van der Waals surface area contributed by atoms with Gasteiger partial charge in [-0.05, 0) is 0 Å². The van der Waals surface area contributed by atoms with Crippen molar-refractivity contribution in [1.82, 2.24) is 15.5 Å². The fourth-order valence-corrected chi connectivity index (χ4v) is 2.12. The molecular formula is C8H13N3O2S. The minimum atomic E-state index is -0.264. The molecule has 0 atom stereocenters. The van der Waals surface area contributed by atoms with E-state index in [4.69, 9.17) is 0 Å². The number of carbonyl (C=O) groups is 2.